The van der Waals surface area contributed by atoms with E-state index in [1.165, 1.54) is 0 Å². The van der Waals surface area contributed by atoms with Crippen LogP contribution < -0.4 is 5.43 Å². The average molecular weight is 116 g/mol. The molecule has 2 nitrogen and oxygen atoms in total. The third-order valence-electron chi connectivity index (χ3n) is 0.734. The van der Waals surface area contributed by atoms with E-state index in [9.17, 15) is 0 Å². The van der Waals surface area contributed by atoms with Gasteiger partial charge in [0.05, 0.1) is 10.4 Å². The molecule has 0 saturated heterocycles. The van der Waals surface area contributed by atoms with Gasteiger partial charge in [0.1, 0.15) is 0 Å². The van der Waals surface area contributed by atoms with Gasteiger partial charge in [-0.3, -0.25) is 5.43 Å². The second-order valence-electron chi connectivity index (χ2n) is 1.97. The van der Waals surface area contributed by atoms with E-state index in [-0.39, 0.29) is 4.87 Å². The first-order valence-electron chi connectivity index (χ1n) is 2.17. The second kappa shape index (κ2) is 1.40. The molecule has 1 aliphatic heterocycles. The maximum absolute atomic E-state index is 3.82. The van der Waals surface area contributed by atoms with Crippen LogP contribution in [0.15, 0.2) is 5.10 Å². The first kappa shape index (κ1) is 4.97. The largest absolute Gasteiger partial charge is 0.294 e. The molecule has 3 heteroatoms. The van der Waals surface area contributed by atoms with E-state index in [0.29, 0.717) is 0 Å². The summed E-state index contributed by atoms with van der Waals surface area (Å²) in [4.78, 5) is 0.139. The first-order valence-corrected chi connectivity index (χ1v) is 3.05. The van der Waals surface area contributed by atoms with Gasteiger partial charge in [-0.15, -0.1) is 0 Å². The van der Waals surface area contributed by atoms with Gasteiger partial charge in [-0.2, -0.15) is 5.10 Å². The maximum atomic E-state index is 3.82. The van der Waals surface area contributed by atoms with E-state index < -0.39 is 0 Å². The van der Waals surface area contributed by atoms with Crippen molar-refractivity contribution in [1.82, 2.24) is 5.43 Å². The number of hydrogen-bond donors (Lipinski definition) is 1. The molecule has 0 bridgehead atoms. The van der Waals surface area contributed by atoms with Crippen LogP contribution in [0.3, 0.4) is 0 Å². The van der Waals surface area contributed by atoms with Crippen LogP contribution in [-0.4, -0.2) is 10.4 Å². The highest BCUT2D eigenvalue weighted by Crippen LogP contribution is 2.21. The molecule has 0 aromatic heterocycles. The molecule has 1 aliphatic rings. The summed E-state index contributed by atoms with van der Waals surface area (Å²) in [7, 11) is 0. The molecule has 0 amide bonds. The zero-order valence-corrected chi connectivity index (χ0v) is 5.25. The van der Waals surface area contributed by atoms with Crippen LogP contribution in [0, 0.1) is 0 Å². The maximum Gasteiger partial charge on any atom is 0.0997 e. The third kappa shape index (κ3) is 1.09. The van der Waals surface area contributed by atoms with Gasteiger partial charge in [-0.1, -0.05) is 11.8 Å². The minimum absolute atomic E-state index is 0.139. The summed E-state index contributed by atoms with van der Waals surface area (Å²) in [5.41, 5.74) is 4.75. The minimum atomic E-state index is 0.139. The number of thioether (sulfide) groups is 1. The predicted octanol–water partition coefficient (Wildman–Crippen LogP) is 1.00. The van der Waals surface area contributed by atoms with Crippen LogP contribution >= 0.6 is 11.8 Å². The first-order chi connectivity index (χ1) is 3.21. The summed E-state index contributed by atoms with van der Waals surface area (Å²) in [6, 6.07) is 0. The Morgan fingerprint density at radius 2 is 2.43 bits per heavy atom. The van der Waals surface area contributed by atoms with E-state index in [4.69, 9.17) is 0 Å². The Bertz CT molecular complexity index is 87.9. The Morgan fingerprint density at radius 3 is 2.57 bits per heavy atom. The van der Waals surface area contributed by atoms with Gasteiger partial charge >= 0.3 is 0 Å². The van der Waals surface area contributed by atoms with Crippen molar-refractivity contribution in [1.29, 1.82) is 0 Å². The lowest BCUT2D eigenvalue weighted by Crippen LogP contribution is -2.26. The molecule has 0 radical (unpaired) electrons. The molecule has 0 saturated carbocycles. The summed E-state index contributed by atoms with van der Waals surface area (Å²) < 4.78 is 0. The van der Waals surface area contributed by atoms with Crippen LogP contribution in [0.25, 0.3) is 0 Å². The van der Waals surface area contributed by atoms with Crippen molar-refractivity contribution in [3.05, 3.63) is 0 Å². The molecule has 1 rings (SSSR count). The minimum Gasteiger partial charge on any atom is -0.294 e. The van der Waals surface area contributed by atoms with Crippen LogP contribution in [-0.2, 0) is 0 Å². The van der Waals surface area contributed by atoms with Crippen molar-refractivity contribution in [2.45, 2.75) is 18.7 Å². The highest BCUT2D eigenvalue weighted by atomic mass is 32.2. The van der Waals surface area contributed by atoms with Crippen LogP contribution in [0.5, 0.6) is 0 Å². The molecule has 7 heavy (non-hydrogen) atoms. The molecule has 0 spiro atoms. The normalized spacial score (nSPS) is 24.9. The van der Waals surface area contributed by atoms with Crippen molar-refractivity contribution < 1.29 is 0 Å². The van der Waals surface area contributed by atoms with Crippen molar-refractivity contribution in [3.63, 3.8) is 0 Å². The van der Waals surface area contributed by atoms with E-state index >= 15 is 0 Å². The van der Waals surface area contributed by atoms with Crippen LogP contribution in [0.1, 0.15) is 13.8 Å². The summed E-state index contributed by atoms with van der Waals surface area (Å²) in [5.74, 6) is 0. The average Bonchev–Trinajstić information content (AvgIpc) is 1.84. The topological polar surface area (TPSA) is 24.4 Å². The van der Waals surface area contributed by atoms with Gasteiger partial charge in [0, 0.05) is 0 Å². The summed E-state index contributed by atoms with van der Waals surface area (Å²) in [5, 5.41) is 3.82. The quantitative estimate of drug-likeness (QED) is 0.510. The summed E-state index contributed by atoms with van der Waals surface area (Å²) in [6.07, 6.45) is 0. The number of hydrogen-bond acceptors (Lipinski definition) is 3. The molecule has 1 heterocycles. The lowest BCUT2D eigenvalue weighted by Gasteiger charge is -2.13. The molecule has 0 fully saturated rings. The Labute approximate surface area is 47.4 Å². The molecular weight excluding hydrogens is 108 g/mol. The van der Waals surface area contributed by atoms with Crippen molar-refractivity contribution in [2.75, 3.05) is 0 Å². The molecule has 0 aliphatic carbocycles. The van der Waals surface area contributed by atoms with Gasteiger partial charge in [-0.05, 0) is 13.8 Å². The number of nitrogens with zero attached hydrogens (tertiary/aromatic N) is 1. The highest BCUT2D eigenvalue weighted by Gasteiger charge is 2.18. The van der Waals surface area contributed by atoms with E-state index in [0.717, 1.165) is 0 Å². The SMILES string of the molecule is CC1(C)NN=CS1. The number of hydrazone groups is 1. The lowest BCUT2D eigenvalue weighted by atomic mass is 10.4. The fourth-order valence-electron chi connectivity index (χ4n) is 0.366. The summed E-state index contributed by atoms with van der Waals surface area (Å²) >= 11 is 1.70. The summed E-state index contributed by atoms with van der Waals surface area (Å²) in [6.45, 7) is 4.18. The fourth-order valence-corrected chi connectivity index (χ4v) is 0.841. The molecule has 0 aromatic carbocycles. The number of nitrogens with one attached hydrogen (secondary N) is 1. The van der Waals surface area contributed by atoms with E-state index in [1.54, 1.807) is 11.8 Å². The molecule has 0 aromatic rings. The predicted molar refractivity (Wildman–Crippen MR) is 33.3 cm³/mol. The van der Waals surface area contributed by atoms with Gasteiger partial charge < -0.3 is 0 Å². The van der Waals surface area contributed by atoms with Crippen molar-refractivity contribution in [3.8, 4) is 0 Å². The smallest absolute Gasteiger partial charge is 0.0997 e. The lowest BCUT2D eigenvalue weighted by molar-refractivity contribution is 0.583. The zero-order valence-electron chi connectivity index (χ0n) is 4.43. The highest BCUT2D eigenvalue weighted by molar-refractivity contribution is 8.13. The van der Waals surface area contributed by atoms with E-state index in [1.807, 2.05) is 5.55 Å². The van der Waals surface area contributed by atoms with Crippen molar-refractivity contribution >= 4 is 17.3 Å². The van der Waals surface area contributed by atoms with E-state index in [2.05, 4.69) is 24.4 Å². The Balaban J connectivity index is 2.49. The third-order valence-corrected chi connectivity index (χ3v) is 1.63. The molecule has 1 N–H and O–H groups in total. The Morgan fingerprint density at radius 1 is 1.71 bits per heavy atom. The molecular formula is C4H8N2S. The molecule has 0 unspecified atom stereocenters. The fraction of sp³-hybridized carbons (Fsp3) is 0.750. The van der Waals surface area contributed by atoms with Gasteiger partial charge in [-0.25, -0.2) is 0 Å². The Kier molecular flexibility index (Phi) is 0.995. The van der Waals surface area contributed by atoms with Crippen molar-refractivity contribution in [2.24, 2.45) is 5.10 Å². The number of rotatable bonds is 0. The van der Waals surface area contributed by atoms with Crippen LogP contribution in [0.2, 0.25) is 0 Å². The van der Waals surface area contributed by atoms with Gasteiger partial charge in [0.15, 0.2) is 0 Å². The Hall–Kier alpha value is -0.180. The molecule has 40 valence electrons. The zero-order chi connectivity index (χ0) is 5.33. The van der Waals surface area contributed by atoms with Crippen LogP contribution in [0.4, 0.5) is 0 Å². The van der Waals surface area contributed by atoms with Gasteiger partial charge in [0.25, 0.3) is 0 Å². The second-order valence-corrected chi connectivity index (χ2v) is 3.44. The molecule has 0 atom stereocenters. The standard InChI is InChI=1S/C4H8N2S/c1-4(2)6-5-3-7-4/h3,6H,1-2H3. The monoisotopic (exact) mass is 116 g/mol. The van der Waals surface area contributed by atoms with Gasteiger partial charge in [0.2, 0.25) is 0 Å².